The Morgan fingerprint density at radius 2 is 1.48 bits per heavy atom. The van der Waals surface area contributed by atoms with Gasteiger partial charge in [-0.15, -0.1) is 0 Å². The van der Waals surface area contributed by atoms with E-state index in [9.17, 15) is 8.42 Å². The molecule has 21 heavy (non-hydrogen) atoms. The molecule has 1 aromatic rings. The molecule has 0 heterocycles. The van der Waals surface area contributed by atoms with E-state index in [1.807, 2.05) is 12.1 Å². The van der Waals surface area contributed by atoms with Gasteiger partial charge in [-0.05, 0) is 30.4 Å². The molecule has 0 aliphatic carbocycles. The fourth-order valence-electron chi connectivity index (χ4n) is 2.44. The van der Waals surface area contributed by atoms with Crippen LogP contribution in [-0.4, -0.2) is 21.3 Å². The number of hydrogen-bond donors (Lipinski definition) is 0. The number of rotatable bonds is 11. The first-order valence-electron chi connectivity index (χ1n) is 7.94. The third-order valence-corrected chi connectivity index (χ3v) is 4.18. The van der Waals surface area contributed by atoms with E-state index in [4.69, 9.17) is 4.18 Å². The van der Waals surface area contributed by atoms with Crippen molar-refractivity contribution >= 4 is 10.1 Å². The van der Waals surface area contributed by atoms with Crippen molar-refractivity contribution in [2.75, 3.05) is 12.9 Å². The highest BCUT2D eigenvalue weighted by Crippen LogP contribution is 2.15. The molecule has 4 heteroatoms. The summed E-state index contributed by atoms with van der Waals surface area (Å²) >= 11 is 0. The van der Waals surface area contributed by atoms with Gasteiger partial charge in [-0.2, -0.15) is 8.42 Å². The van der Waals surface area contributed by atoms with E-state index in [2.05, 4.69) is 19.1 Å². The SMILES string of the molecule is CCCCCCCCc1ccccc1CCOS(C)(=O)=O. The van der Waals surface area contributed by atoms with Crippen LogP contribution in [0.1, 0.15) is 56.6 Å². The van der Waals surface area contributed by atoms with Crippen LogP contribution in [0.3, 0.4) is 0 Å². The number of aryl methyl sites for hydroxylation is 1. The molecule has 3 nitrogen and oxygen atoms in total. The second-order valence-electron chi connectivity index (χ2n) is 5.56. The van der Waals surface area contributed by atoms with E-state index < -0.39 is 10.1 Å². The van der Waals surface area contributed by atoms with E-state index in [0.717, 1.165) is 12.7 Å². The monoisotopic (exact) mass is 312 g/mol. The Bertz CT molecular complexity index is 495. The molecular formula is C17H28O3S. The van der Waals surface area contributed by atoms with Gasteiger partial charge in [0.1, 0.15) is 0 Å². The first-order chi connectivity index (χ1) is 10.0. The maximum atomic E-state index is 11.0. The molecule has 1 rings (SSSR count). The molecule has 0 aromatic heterocycles. The molecule has 0 amide bonds. The summed E-state index contributed by atoms with van der Waals surface area (Å²) in [5.41, 5.74) is 2.53. The highest BCUT2D eigenvalue weighted by Gasteiger charge is 2.05. The van der Waals surface area contributed by atoms with Gasteiger partial charge < -0.3 is 0 Å². The number of benzene rings is 1. The van der Waals surface area contributed by atoms with Gasteiger partial charge in [-0.3, -0.25) is 4.18 Å². The van der Waals surface area contributed by atoms with Crippen LogP contribution in [0.4, 0.5) is 0 Å². The normalized spacial score (nSPS) is 11.7. The van der Waals surface area contributed by atoms with Crippen molar-refractivity contribution in [1.82, 2.24) is 0 Å². The van der Waals surface area contributed by atoms with E-state index in [-0.39, 0.29) is 6.61 Å². The van der Waals surface area contributed by atoms with Gasteiger partial charge in [-0.25, -0.2) is 0 Å². The summed E-state index contributed by atoms with van der Waals surface area (Å²) in [6.07, 6.45) is 10.5. The van der Waals surface area contributed by atoms with Crippen molar-refractivity contribution in [1.29, 1.82) is 0 Å². The molecule has 120 valence electrons. The average Bonchev–Trinajstić information content (AvgIpc) is 2.43. The Balaban J connectivity index is 2.36. The molecule has 0 N–H and O–H groups in total. The molecule has 0 spiro atoms. The highest BCUT2D eigenvalue weighted by molar-refractivity contribution is 7.85. The van der Waals surface area contributed by atoms with Crippen LogP contribution in [0.5, 0.6) is 0 Å². The molecule has 0 fully saturated rings. The predicted octanol–water partition coefficient (Wildman–Crippen LogP) is 4.11. The molecule has 0 bridgehead atoms. The first kappa shape index (κ1) is 18.2. The van der Waals surface area contributed by atoms with Gasteiger partial charge in [0, 0.05) is 0 Å². The summed E-state index contributed by atoms with van der Waals surface area (Å²) in [6.45, 7) is 2.46. The highest BCUT2D eigenvalue weighted by atomic mass is 32.2. The Hall–Kier alpha value is -0.870. The predicted molar refractivity (Wildman–Crippen MR) is 88.0 cm³/mol. The fraction of sp³-hybridized carbons (Fsp3) is 0.647. The lowest BCUT2D eigenvalue weighted by Gasteiger charge is -2.09. The van der Waals surface area contributed by atoms with Crippen LogP contribution in [0.25, 0.3) is 0 Å². The summed E-state index contributed by atoms with van der Waals surface area (Å²) < 4.78 is 26.8. The van der Waals surface area contributed by atoms with Gasteiger partial charge in [0.05, 0.1) is 12.9 Å². The topological polar surface area (TPSA) is 43.4 Å². The average molecular weight is 312 g/mol. The zero-order chi connectivity index (χ0) is 15.6. The Labute approximate surface area is 129 Å². The maximum Gasteiger partial charge on any atom is 0.264 e. The van der Waals surface area contributed by atoms with Crippen LogP contribution in [-0.2, 0) is 27.1 Å². The zero-order valence-corrected chi connectivity index (χ0v) is 14.1. The molecule has 1 aromatic carbocycles. The zero-order valence-electron chi connectivity index (χ0n) is 13.3. The van der Waals surface area contributed by atoms with Gasteiger partial charge in [-0.1, -0.05) is 63.3 Å². The van der Waals surface area contributed by atoms with Gasteiger partial charge in [0.25, 0.3) is 10.1 Å². The van der Waals surface area contributed by atoms with Crippen LogP contribution >= 0.6 is 0 Å². The molecule has 0 aliphatic heterocycles. The largest absolute Gasteiger partial charge is 0.270 e. The van der Waals surface area contributed by atoms with Crippen molar-refractivity contribution in [2.24, 2.45) is 0 Å². The maximum absolute atomic E-state index is 11.0. The summed E-state index contributed by atoms with van der Waals surface area (Å²) in [5.74, 6) is 0. The quantitative estimate of drug-likeness (QED) is 0.456. The Kier molecular flexibility index (Phi) is 8.62. The van der Waals surface area contributed by atoms with Crippen molar-refractivity contribution in [3.05, 3.63) is 35.4 Å². The van der Waals surface area contributed by atoms with Crippen molar-refractivity contribution in [3.8, 4) is 0 Å². The van der Waals surface area contributed by atoms with Gasteiger partial charge in [0.15, 0.2) is 0 Å². The molecule has 0 radical (unpaired) electrons. The van der Waals surface area contributed by atoms with Crippen LogP contribution in [0.2, 0.25) is 0 Å². The van der Waals surface area contributed by atoms with E-state index in [0.29, 0.717) is 6.42 Å². The van der Waals surface area contributed by atoms with Crippen molar-refractivity contribution in [3.63, 3.8) is 0 Å². The number of hydrogen-bond acceptors (Lipinski definition) is 3. The minimum absolute atomic E-state index is 0.229. The van der Waals surface area contributed by atoms with Crippen molar-refractivity contribution in [2.45, 2.75) is 58.3 Å². The molecule has 0 unspecified atom stereocenters. The first-order valence-corrected chi connectivity index (χ1v) is 9.75. The Morgan fingerprint density at radius 3 is 2.10 bits per heavy atom. The summed E-state index contributed by atoms with van der Waals surface area (Å²) in [6, 6.07) is 8.26. The lowest BCUT2D eigenvalue weighted by Crippen LogP contribution is -2.07. The molecule has 0 saturated carbocycles. The van der Waals surface area contributed by atoms with E-state index in [1.165, 1.54) is 49.7 Å². The fourth-order valence-corrected chi connectivity index (χ4v) is 2.83. The number of unbranched alkanes of at least 4 members (excludes halogenated alkanes) is 5. The minimum Gasteiger partial charge on any atom is -0.270 e. The molecular weight excluding hydrogens is 284 g/mol. The molecule has 0 saturated heterocycles. The lowest BCUT2D eigenvalue weighted by atomic mass is 9.99. The Morgan fingerprint density at radius 1 is 0.905 bits per heavy atom. The van der Waals surface area contributed by atoms with E-state index in [1.54, 1.807) is 0 Å². The van der Waals surface area contributed by atoms with Crippen molar-refractivity contribution < 1.29 is 12.6 Å². The van der Waals surface area contributed by atoms with E-state index >= 15 is 0 Å². The summed E-state index contributed by atoms with van der Waals surface area (Å²) in [5, 5.41) is 0. The van der Waals surface area contributed by atoms with Crippen LogP contribution in [0.15, 0.2) is 24.3 Å². The van der Waals surface area contributed by atoms with Gasteiger partial charge >= 0.3 is 0 Å². The summed E-state index contributed by atoms with van der Waals surface area (Å²) in [7, 11) is -3.34. The molecule has 0 aliphatic rings. The smallest absolute Gasteiger partial charge is 0.264 e. The third kappa shape index (κ3) is 8.89. The second-order valence-corrected chi connectivity index (χ2v) is 7.21. The van der Waals surface area contributed by atoms with Gasteiger partial charge in [0.2, 0.25) is 0 Å². The standard InChI is InChI=1S/C17H28O3S/c1-3-4-5-6-7-8-11-16-12-9-10-13-17(16)14-15-20-21(2,18)19/h9-10,12-13H,3-8,11,14-15H2,1-2H3. The second kappa shape index (κ2) is 9.96. The van der Waals surface area contributed by atoms with Crippen LogP contribution < -0.4 is 0 Å². The summed E-state index contributed by atoms with van der Waals surface area (Å²) in [4.78, 5) is 0. The molecule has 0 atom stereocenters. The third-order valence-electron chi connectivity index (χ3n) is 3.59. The lowest BCUT2D eigenvalue weighted by molar-refractivity contribution is 0.325. The van der Waals surface area contributed by atoms with Crippen LogP contribution in [0, 0.1) is 0 Å². The minimum atomic E-state index is -3.34.